The molecular formula is C13H24N2O3. The molecule has 0 aliphatic heterocycles. The molecule has 0 saturated heterocycles. The molecule has 0 spiro atoms. The minimum Gasteiger partial charge on any atom is -0.481 e. The third-order valence-corrected chi connectivity index (χ3v) is 3.50. The van der Waals surface area contributed by atoms with Gasteiger partial charge in [0.2, 0.25) is 0 Å². The van der Waals surface area contributed by atoms with Gasteiger partial charge >= 0.3 is 12.0 Å². The molecule has 0 aromatic carbocycles. The molecule has 3 N–H and O–H groups in total. The first-order chi connectivity index (χ1) is 8.54. The average Bonchev–Trinajstić information content (AvgIpc) is 2.29. The van der Waals surface area contributed by atoms with E-state index in [1.54, 1.807) is 0 Å². The second-order valence-corrected chi connectivity index (χ2v) is 5.14. The predicted molar refractivity (Wildman–Crippen MR) is 69.4 cm³/mol. The summed E-state index contributed by atoms with van der Waals surface area (Å²) in [5.74, 6) is -1.24. The van der Waals surface area contributed by atoms with Crippen LogP contribution >= 0.6 is 0 Å². The van der Waals surface area contributed by atoms with Crippen molar-refractivity contribution < 1.29 is 14.7 Å². The van der Waals surface area contributed by atoms with Crippen LogP contribution in [-0.2, 0) is 4.79 Å². The van der Waals surface area contributed by atoms with Crippen molar-refractivity contribution in [3.63, 3.8) is 0 Å². The second kappa shape index (κ2) is 7.24. The average molecular weight is 256 g/mol. The normalized spacial score (nSPS) is 25.2. The Labute approximate surface area is 108 Å². The lowest BCUT2D eigenvalue weighted by atomic mass is 9.84. The van der Waals surface area contributed by atoms with Gasteiger partial charge in [-0.05, 0) is 26.2 Å². The zero-order valence-electron chi connectivity index (χ0n) is 11.2. The molecule has 0 radical (unpaired) electrons. The zero-order valence-corrected chi connectivity index (χ0v) is 11.2. The smallest absolute Gasteiger partial charge is 0.315 e. The zero-order chi connectivity index (χ0) is 13.5. The summed E-state index contributed by atoms with van der Waals surface area (Å²) in [7, 11) is 0. The molecule has 5 heteroatoms. The standard InChI is InChI=1S/C13H24N2O3/c1-3-6-9(2)14-13(18)15-11-8-5-4-7-10(11)12(16)17/h9-11H,3-8H2,1-2H3,(H,16,17)(H2,14,15,18). The number of rotatable bonds is 5. The molecule has 0 aromatic rings. The molecule has 3 atom stereocenters. The lowest BCUT2D eigenvalue weighted by Crippen LogP contribution is -2.50. The van der Waals surface area contributed by atoms with Crippen LogP contribution in [0.15, 0.2) is 0 Å². The van der Waals surface area contributed by atoms with E-state index < -0.39 is 11.9 Å². The van der Waals surface area contributed by atoms with Gasteiger partial charge in [0.25, 0.3) is 0 Å². The second-order valence-electron chi connectivity index (χ2n) is 5.14. The first-order valence-electron chi connectivity index (χ1n) is 6.84. The van der Waals surface area contributed by atoms with Crippen LogP contribution in [0.1, 0.15) is 52.4 Å². The summed E-state index contributed by atoms with van der Waals surface area (Å²) in [6.07, 6.45) is 5.28. The highest BCUT2D eigenvalue weighted by Gasteiger charge is 2.31. The van der Waals surface area contributed by atoms with E-state index in [2.05, 4.69) is 17.6 Å². The van der Waals surface area contributed by atoms with E-state index >= 15 is 0 Å². The maximum Gasteiger partial charge on any atom is 0.315 e. The number of hydrogen-bond acceptors (Lipinski definition) is 2. The molecule has 1 rings (SSSR count). The van der Waals surface area contributed by atoms with Gasteiger partial charge in [0.05, 0.1) is 5.92 Å². The maximum atomic E-state index is 11.7. The van der Waals surface area contributed by atoms with Crippen LogP contribution in [0.4, 0.5) is 4.79 Å². The lowest BCUT2D eigenvalue weighted by molar-refractivity contribution is -0.143. The number of carbonyl (C=O) groups is 2. The van der Waals surface area contributed by atoms with E-state index in [0.717, 1.165) is 32.1 Å². The molecule has 0 aromatic heterocycles. The van der Waals surface area contributed by atoms with Gasteiger partial charge in [-0.1, -0.05) is 26.2 Å². The number of amides is 2. The Bertz CT molecular complexity index is 294. The molecule has 1 aliphatic rings. The van der Waals surface area contributed by atoms with Crippen molar-refractivity contribution in [1.82, 2.24) is 10.6 Å². The Balaban J connectivity index is 2.43. The van der Waals surface area contributed by atoms with Crippen LogP contribution in [0.2, 0.25) is 0 Å². The Kier molecular flexibility index (Phi) is 5.95. The molecule has 1 saturated carbocycles. The Hall–Kier alpha value is -1.26. The number of aliphatic carboxylic acids is 1. The molecule has 3 unspecified atom stereocenters. The van der Waals surface area contributed by atoms with E-state index in [4.69, 9.17) is 5.11 Å². The molecule has 0 heterocycles. The van der Waals surface area contributed by atoms with Crippen molar-refractivity contribution in [3.8, 4) is 0 Å². The molecular weight excluding hydrogens is 232 g/mol. The number of carboxylic acids is 1. The van der Waals surface area contributed by atoms with Crippen LogP contribution in [0, 0.1) is 5.92 Å². The summed E-state index contributed by atoms with van der Waals surface area (Å²) < 4.78 is 0. The fraction of sp³-hybridized carbons (Fsp3) is 0.846. The Morgan fingerprint density at radius 3 is 2.61 bits per heavy atom. The largest absolute Gasteiger partial charge is 0.481 e. The quantitative estimate of drug-likeness (QED) is 0.705. The van der Waals surface area contributed by atoms with E-state index in [1.807, 2.05) is 6.92 Å². The van der Waals surface area contributed by atoms with E-state index in [1.165, 1.54) is 0 Å². The molecule has 1 fully saturated rings. The van der Waals surface area contributed by atoms with Crippen molar-refractivity contribution in [3.05, 3.63) is 0 Å². The minimum absolute atomic E-state index is 0.127. The summed E-state index contributed by atoms with van der Waals surface area (Å²) in [6, 6.07) is -0.346. The summed E-state index contributed by atoms with van der Waals surface area (Å²) in [6.45, 7) is 4.02. The van der Waals surface area contributed by atoms with Crippen molar-refractivity contribution in [2.24, 2.45) is 5.92 Å². The van der Waals surface area contributed by atoms with Crippen molar-refractivity contribution >= 4 is 12.0 Å². The van der Waals surface area contributed by atoms with E-state index in [-0.39, 0.29) is 18.1 Å². The number of urea groups is 1. The number of nitrogens with one attached hydrogen (secondary N) is 2. The highest BCUT2D eigenvalue weighted by Crippen LogP contribution is 2.24. The fourth-order valence-corrected chi connectivity index (χ4v) is 2.54. The number of carbonyl (C=O) groups excluding carboxylic acids is 1. The summed E-state index contributed by atoms with van der Waals surface area (Å²) >= 11 is 0. The van der Waals surface area contributed by atoms with Crippen molar-refractivity contribution in [2.75, 3.05) is 0 Å². The highest BCUT2D eigenvalue weighted by molar-refractivity contribution is 5.77. The summed E-state index contributed by atoms with van der Waals surface area (Å²) in [5.41, 5.74) is 0. The van der Waals surface area contributed by atoms with Crippen LogP contribution in [0.3, 0.4) is 0 Å². The molecule has 2 amide bonds. The van der Waals surface area contributed by atoms with Crippen LogP contribution in [-0.4, -0.2) is 29.2 Å². The molecule has 5 nitrogen and oxygen atoms in total. The molecule has 0 bridgehead atoms. The van der Waals surface area contributed by atoms with Gasteiger partial charge in [0, 0.05) is 12.1 Å². The summed E-state index contributed by atoms with van der Waals surface area (Å²) in [5, 5.41) is 14.8. The van der Waals surface area contributed by atoms with Crippen molar-refractivity contribution in [2.45, 2.75) is 64.5 Å². The van der Waals surface area contributed by atoms with Gasteiger partial charge in [-0.25, -0.2) is 4.79 Å². The fourth-order valence-electron chi connectivity index (χ4n) is 2.54. The number of carboxylic acid groups (broad SMARTS) is 1. The third-order valence-electron chi connectivity index (χ3n) is 3.50. The molecule has 18 heavy (non-hydrogen) atoms. The van der Waals surface area contributed by atoms with Gasteiger partial charge in [0.15, 0.2) is 0 Å². The van der Waals surface area contributed by atoms with Gasteiger partial charge in [0.1, 0.15) is 0 Å². The van der Waals surface area contributed by atoms with Gasteiger partial charge in [-0.3, -0.25) is 4.79 Å². The topological polar surface area (TPSA) is 78.4 Å². The third kappa shape index (κ3) is 4.55. The van der Waals surface area contributed by atoms with Crippen LogP contribution < -0.4 is 10.6 Å². The first kappa shape index (κ1) is 14.8. The van der Waals surface area contributed by atoms with Crippen molar-refractivity contribution in [1.29, 1.82) is 0 Å². The van der Waals surface area contributed by atoms with Gasteiger partial charge < -0.3 is 15.7 Å². The summed E-state index contributed by atoms with van der Waals surface area (Å²) in [4.78, 5) is 22.8. The van der Waals surface area contributed by atoms with Gasteiger partial charge in [-0.15, -0.1) is 0 Å². The maximum absolute atomic E-state index is 11.7. The molecule has 1 aliphatic carbocycles. The Morgan fingerprint density at radius 2 is 2.00 bits per heavy atom. The first-order valence-corrected chi connectivity index (χ1v) is 6.84. The van der Waals surface area contributed by atoms with Crippen LogP contribution in [0.5, 0.6) is 0 Å². The Morgan fingerprint density at radius 1 is 1.33 bits per heavy atom. The van der Waals surface area contributed by atoms with E-state index in [0.29, 0.717) is 6.42 Å². The number of hydrogen-bond donors (Lipinski definition) is 3. The molecule has 104 valence electrons. The van der Waals surface area contributed by atoms with Gasteiger partial charge in [-0.2, -0.15) is 0 Å². The highest BCUT2D eigenvalue weighted by atomic mass is 16.4. The lowest BCUT2D eigenvalue weighted by Gasteiger charge is -2.29. The SMILES string of the molecule is CCCC(C)NC(=O)NC1CCCCC1C(=O)O. The van der Waals surface area contributed by atoms with E-state index in [9.17, 15) is 9.59 Å². The monoisotopic (exact) mass is 256 g/mol. The predicted octanol–water partition coefficient (Wildman–Crippen LogP) is 2.12. The minimum atomic E-state index is -0.804. The van der Waals surface area contributed by atoms with Crippen LogP contribution in [0.25, 0.3) is 0 Å².